The number of carbonyl (C=O) groups excluding carboxylic acids is 4. The number of quaternary nitrogens is 1. The smallest absolute Gasteiger partial charge is 0.378 e. The number of aliphatic carboxylic acids is 1. The third kappa shape index (κ3) is 12.3. The number of amides is 2. The fourth-order valence-electron chi connectivity index (χ4n) is 8.50. The highest BCUT2D eigenvalue weighted by Crippen LogP contribution is 2.44. The highest BCUT2D eigenvalue weighted by atomic mass is 35.5. The van der Waals surface area contributed by atoms with Crippen LogP contribution in [0, 0.1) is 6.92 Å². The molecule has 0 spiro atoms. The Kier molecular flexibility index (Phi) is 18.1. The van der Waals surface area contributed by atoms with Crippen molar-refractivity contribution in [3.8, 4) is 23.0 Å². The number of nitrogens with zero attached hydrogens (tertiary/aromatic N) is 4. The number of fused-ring (bicyclic) bond motifs is 1. The van der Waals surface area contributed by atoms with Crippen LogP contribution in [-0.4, -0.2) is 140 Å². The maximum atomic E-state index is 13.6. The first-order valence-electron chi connectivity index (χ1n) is 22.7. The number of carboxylic acid groups (broad SMARTS) is 1. The van der Waals surface area contributed by atoms with Gasteiger partial charge in [-0.1, -0.05) is 41.0 Å². The van der Waals surface area contributed by atoms with Gasteiger partial charge in [0.1, 0.15) is 53.4 Å². The summed E-state index contributed by atoms with van der Waals surface area (Å²) in [6.07, 6.45) is 3.52. The van der Waals surface area contributed by atoms with Gasteiger partial charge in [-0.3, -0.25) is 14.5 Å². The molecule has 376 valence electrons. The Labute approximate surface area is 436 Å². The lowest BCUT2D eigenvalue weighted by Crippen LogP contribution is -2.63. The van der Waals surface area contributed by atoms with E-state index in [1.165, 1.54) is 28.0 Å². The Morgan fingerprint density at radius 1 is 0.931 bits per heavy atom. The summed E-state index contributed by atoms with van der Waals surface area (Å²) in [6.45, 7) is 5.33. The normalized spacial score (nSPS) is 18.5. The molecule has 1 aromatic heterocycles. The summed E-state index contributed by atoms with van der Waals surface area (Å²) in [5.41, 5.74) is 1.56. The minimum Gasteiger partial charge on any atom is -0.540 e. The van der Waals surface area contributed by atoms with Gasteiger partial charge in [0.05, 0.1) is 56.0 Å². The molecule has 2 N–H and O–H groups in total. The summed E-state index contributed by atoms with van der Waals surface area (Å²) in [5.74, 6) is -0.867. The van der Waals surface area contributed by atoms with Crippen LogP contribution in [0.5, 0.6) is 23.0 Å². The number of thiazole rings is 1. The lowest BCUT2D eigenvalue weighted by Gasteiger charge is -2.48. The number of aryl methyl sites for hydroxylation is 1. The molecule has 4 radical (unpaired) electrons. The van der Waals surface area contributed by atoms with E-state index in [0.29, 0.717) is 53.5 Å². The number of thioether (sulfide) groups is 1. The maximum absolute atomic E-state index is 13.6. The number of nitrogens with one attached hydrogen (secondary N) is 1. The number of carbonyl (C=O) groups is 5. The Bertz CT molecular complexity index is 2700. The number of likely N-dealkylation sites (tertiary alicyclic amines) is 1. The third-order valence-corrected chi connectivity index (χ3v) is 15.7. The van der Waals surface area contributed by atoms with Crippen LogP contribution in [0.25, 0.3) is 0 Å². The third-order valence-electron chi connectivity index (χ3n) is 12.6. The zero-order valence-corrected chi connectivity index (χ0v) is 42.7. The lowest BCUT2D eigenvalue weighted by atomic mass is 9.80. The molecule has 0 bridgehead atoms. The quantitative estimate of drug-likeness (QED) is 0.0257. The molecule has 3 aliphatic heterocycles. The van der Waals surface area contributed by atoms with Crippen LogP contribution >= 0.6 is 46.3 Å². The zero-order valence-electron chi connectivity index (χ0n) is 39.6. The Morgan fingerprint density at radius 3 is 2.11 bits per heavy atom. The first-order valence-corrected chi connectivity index (χ1v) is 25.4. The molecule has 24 heteroatoms. The Hall–Kier alpha value is -5.93. The molecule has 4 aliphatic rings. The lowest BCUT2D eigenvalue weighted by molar-refractivity contribution is -0.911. The fraction of sp³-hybridized carbons (Fsp3) is 0.396. The Balaban J connectivity index is 0.000000317. The van der Waals surface area contributed by atoms with Gasteiger partial charge < -0.3 is 48.0 Å². The van der Waals surface area contributed by atoms with Crippen LogP contribution in [-0.2, 0) is 46.5 Å². The van der Waals surface area contributed by atoms with Gasteiger partial charge in [0.25, 0.3) is 5.91 Å². The minimum atomic E-state index is -1.29. The largest absolute Gasteiger partial charge is 0.540 e. The van der Waals surface area contributed by atoms with Gasteiger partial charge >= 0.3 is 34.0 Å². The monoisotopic (exact) mass is 1060 g/mol. The molecule has 0 unspecified atom stereocenters. The summed E-state index contributed by atoms with van der Waals surface area (Å²) in [4.78, 5) is 72.3. The van der Waals surface area contributed by atoms with E-state index in [2.05, 4.69) is 24.8 Å². The van der Waals surface area contributed by atoms with Gasteiger partial charge in [0, 0.05) is 42.4 Å². The van der Waals surface area contributed by atoms with Gasteiger partial charge in [0.15, 0.2) is 11.5 Å². The molecule has 2 amide bonds. The number of halogens is 2. The molecule has 18 nitrogen and oxygen atoms in total. The van der Waals surface area contributed by atoms with E-state index in [1.807, 2.05) is 48.5 Å². The number of rotatable bonds is 20. The van der Waals surface area contributed by atoms with Crippen molar-refractivity contribution in [3.63, 3.8) is 0 Å². The molecule has 3 aromatic carbocycles. The molecule has 4 aromatic rings. The molecular formula is C48H50B2Cl2N5O13S2+. The van der Waals surface area contributed by atoms with Crippen LogP contribution in [0.1, 0.15) is 64.3 Å². The highest BCUT2D eigenvalue weighted by molar-refractivity contribution is 8.00. The molecule has 2 saturated heterocycles. The number of carboxylic acids is 1. The van der Waals surface area contributed by atoms with Gasteiger partial charge in [-0.2, -0.15) is 0 Å². The van der Waals surface area contributed by atoms with Crippen LogP contribution in [0.2, 0.25) is 5.02 Å². The number of aromatic nitrogens is 1. The summed E-state index contributed by atoms with van der Waals surface area (Å²) < 4.78 is 32.3. The molecule has 8 rings (SSSR count). The first-order chi connectivity index (χ1) is 34.6. The van der Waals surface area contributed by atoms with Crippen molar-refractivity contribution in [2.75, 3.05) is 52.7 Å². The SMILES string of the molecule is [B]OC(=O)C1(O/N=C(/C(=O)O)c2csc(C)n2)CCC1.[B]OC(=O)C1=C(C[N+]2(CCNC(=O)c3ccc(OCc4ccc(OC)cc4)c(OCc4ccc(OC)cc4)c3Cl)CCCC2)CS[C@@H]2[C@H](Cl)C(=O)N12. The van der Waals surface area contributed by atoms with E-state index in [9.17, 15) is 24.0 Å². The Morgan fingerprint density at radius 2 is 1.57 bits per heavy atom. The summed E-state index contributed by atoms with van der Waals surface area (Å²) >= 11 is 15.9. The molecule has 3 fully saturated rings. The van der Waals surface area contributed by atoms with Crippen LogP contribution < -0.4 is 24.3 Å². The summed E-state index contributed by atoms with van der Waals surface area (Å²) in [7, 11) is 13.3. The van der Waals surface area contributed by atoms with Gasteiger partial charge in [-0.15, -0.1) is 34.7 Å². The molecule has 4 heterocycles. The van der Waals surface area contributed by atoms with E-state index in [4.69, 9.17) is 68.2 Å². The number of ether oxygens (including phenoxy) is 4. The topological polar surface area (TPSA) is 211 Å². The number of alkyl halides is 1. The minimum absolute atomic E-state index is 0.129. The van der Waals surface area contributed by atoms with E-state index in [1.54, 1.807) is 38.7 Å². The standard InChI is InChI=1S/C37H38BCl2N3O8S.C11H11BN2O5S/c1-47-26-9-5-23(6-10-26)20-49-29-14-13-28(30(39)33(29)50-21-24-7-11-27(48-2)12-8-24)34(44)41-15-18-43(16-3-4-17-43)19-25-22-52-36-31(40)35(45)42(36)32(25)37(46)51-38;1-6-13-7(5-20-6)8(9(15)16)14-19-11(3-2-4-11)10(17)18-12/h5-14,31,36H,3-4,15-22H2,1-2H3;5H,2-4H2,1H3,(H,15,16)/p+1/b;14-8+/t31-,36-;/m1./s1. The van der Waals surface area contributed by atoms with E-state index in [-0.39, 0.29) is 63.8 Å². The van der Waals surface area contributed by atoms with Crippen molar-refractivity contribution in [3.05, 3.63) is 110 Å². The van der Waals surface area contributed by atoms with Crippen molar-refractivity contribution in [1.82, 2.24) is 15.2 Å². The maximum Gasteiger partial charge on any atom is 0.378 e. The van der Waals surface area contributed by atoms with E-state index < -0.39 is 28.9 Å². The molecule has 1 saturated carbocycles. The average Bonchev–Trinajstić information content (AvgIpc) is 4.04. The molecule has 1 aliphatic carbocycles. The van der Waals surface area contributed by atoms with Crippen LogP contribution in [0.4, 0.5) is 0 Å². The van der Waals surface area contributed by atoms with Crippen molar-refractivity contribution in [1.29, 1.82) is 0 Å². The molecule has 72 heavy (non-hydrogen) atoms. The number of oxime groups is 1. The molecular weight excluding hydrogens is 1010 g/mol. The summed E-state index contributed by atoms with van der Waals surface area (Å²) in [5, 5.41) is 17.1. The predicted molar refractivity (Wildman–Crippen MR) is 270 cm³/mol. The van der Waals surface area contributed by atoms with Crippen molar-refractivity contribution >= 4 is 97.8 Å². The molecule has 2 atom stereocenters. The second-order valence-electron chi connectivity index (χ2n) is 17.2. The van der Waals surface area contributed by atoms with Crippen molar-refractivity contribution in [2.45, 2.75) is 68.6 Å². The van der Waals surface area contributed by atoms with Gasteiger partial charge in [0.2, 0.25) is 17.2 Å². The number of benzene rings is 3. The number of hydrogen-bond acceptors (Lipinski definition) is 16. The second-order valence-corrected chi connectivity index (χ2v) is 20.2. The van der Waals surface area contributed by atoms with Gasteiger partial charge in [-0.05, 0) is 60.9 Å². The van der Waals surface area contributed by atoms with Crippen LogP contribution in [0.15, 0.2) is 82.5 Å². The second kappa shape index (κ2) is 24.2. The van der Waals surface area contributed by atoms with Crippen LogP contribution in [0.3, 0.4) is 0 Å². The highest BCUT2D eigenvalue weighted by Gasteiger charge is 2.54. The van der Waals surface area contributed by atoms with Crippen molar-refractivity contribution in [2.24, 2.45) is 5.16 Å². The van der Waals surface area contributed by atoms with Gasteiger partial charge in [-0.25, -0.2) is 19.4 Å². The zero-order chi connectivity index (χ0) is 51.6. The number of hydrogen-bond donors (Lipinski definition) is 2. The predicted octanol–water partition coefficient (Wildman–Crippen LogP) is 6.07. The first kappa shape index (κ1) is 53.9. The fourth-order valence-corrected chi connectivity index (χ4v) is 11.1. The van der Waals surface area contributed by atoms with E-state index in [0.717, 1.165) is 60.6 Å². The van der Waals surface area contributed by atoms with E-state index >= 15 is 0 Å². The summed E-state index contributed by atoms with van der Waals surface area (Å²) in [6, 6.07) is 18.3. The van der Waals surface area contributed by atoms with Crippen molar-refractivity contribution < 1.29 is 66.7 Å². The average molecular weight is 1060 g/mol. The number of β-lactam (4-membered cyclic amide) rings is 1. The number of methoxy groups -OCH3 is 2.